The van der Waals surface area contributed by atoms with E-state index >= 15 is 0 Å². The van der Waals surface area contributed by atoms with Gasteiger partial charge in [0.15, 0.2) is 0 Å². The average molecular weight is 165 g/mol. The minimum absolute atomic E-state index is 0.922. The Bertz CT molecular complexity index is 258. The normalized spacial score (nSPS) is 9.58. The van der Waals surface area contributed by atoms with Gasteiger partial charge in [0.05, 0.1) is 7.11 Å². The molecule has 0 aliphatic rings. The van der Waals surface area contributed by atoms with Gasteiger partial charge in [-0.05, 0) is 30.2 Å². The van der Waals surface area contributed by atoms with Crippen LogP contribution in [0.2, 0.25) is 0 Å². The largest absolute Gasteiger partial charge is 0.497 e. The molecule has 1 aromatic carbocycles. The van der Waals surface area contributed by atoms with Crippen LogP contribution >= 0.6 is 0 Å². The lowest BCUT2D eigenvalue weighted by Gasteiger charge is -2.08. The van der Waals surface area contributed by atoms with Crippen molar-refractivity contribution < 1.29 is 4.74 Å². The van der Waals surface area contributed by atoms with Gasteiger partial charge < -0.3 is 10.1 Å². The van der Waals surface area contributed by atoms with Crippen molar-refractivity contribution in [3.8, 4) is 5.75 Å². The molecular weight excluding hydrogens is 150 g/mol. The predicted octanol–water partition coefficient (Wildman–Crippen LogP) is 2.30. The van der Waals surface area contributed by atoms with E-state index in [4.69, 9.17) is 4.74 Å². The first-order valence-corrected chi connectivity index (χ1v) is 4.16. The molecule has 0 aliphatic carbocycles. The molecule has 66 valence electrons. The molecule has 12 heavy (non-hydrogen) atoms. The fourth-order valence-electron chi connectivity index (χ4n) is 1.23. The van der Waals surface area contributed by atoms with Gasteiger partial charge in [0.25, 0.3) is 0 Å². The minimum Gasteiger partial charge on any atom is -0.497 e. The van der Waals surface area contributed by atoms with Crippen LogP contribution in [0.25, 0.3) is 0 Å². The SMILES string of the molecule is CCc1cc(OC)ccc1NC. The van der Waals surface area contributed by atoms with Crippen molar-refractivity contribution in [2.75, 3.05) is 19.5 Å². The Hall–Kier alpha value is -1.18. The molecule has 0 amide bonds. The first-order chi connectivity index (χ1) is 5.81. The van der Waals surface area contributed by atoms with E-state index in [1.807, 2.05) is 19.2 Å². The van der Waals surface area contributed by atoms with Gasteiger partial charge in [-0.3, -0.25) is 0 Å². The lowest BCUT2D eigenvalue weighted by Crippen LogP contribution is -1.94. The molecular formula is C10H15NO. The zero-order valence-corrected chi connectivity index (χ0v) is 7.85. The smallest absolute Gasteiger partial charge is 0.119 e. The molecule has 1 rings (SSSR count). The maximum Gasteiger partial charge on any atom is 0.119 e. The molecule has 0 saturated carbocycles. The first-order valence-electron chi connectivity index (χ1n) is 4.16. The van der Waals surface area contributed by atoms with Gasteiger partial charge in [-0.25, -0.2) is 0 Å². The quantitative estimate of drug-likeness (QED) is 0.742. The summed E-state index contributed by atoms with van der Waals surface area (Å²) in [5.41, 5.74) is 2.47. The Morgan fingerprint density at radius 3 is 2.67 bits per heavy atom. The van der Waals surface area contributed by atoms with Gasteiger partial charge in [0, 0.05) is 12.7 Å². The van der Waals surface area contributed by atoms with Gasteiger partial charge in [-0.1, -0.05) is 6.92 Å². The van der Waals surface area contributed by atoms with E-state index in [-0.39, 0.29) is 0 Å². The lowest BCUT2D eigenvalue weighted by atomic mass is 10.1. The minimum atomic E-state index is 0.922. The summed E-state index contributed by atoms with van der Waals surface area (Å²) in [6, 6.07) is 6.06. The van der Waals surface area contributed by atoms with Crippen LogP contribution in [0.1, 0.15) is 12.5 Å². The van der Waals surface area contributed by atoms with Crippen LogP contribution < -0.4 is 10.1 Å². The van der Waals surface area contributed by atoms with Crippen molar-refractivity contribution in [2.45, 2.75) is 13.3 Å². The molecule has 0 spiro atoms. The van der Waals surface area contributed by atoms with Crippen LogP contribution in [0.5, 0.6) is 5.75 Å². The molecule has 0 unspecified atom stereocenters. The summed E-state index contributed by atoms with van der Waals surface area (Å²) in [5, 5.41) is 3.14. The molecule has 0 bridgehead atoms. The zero-order valence-electron chi connectivity index (χ0n) is 7.85. The number of hydrogen-bond acceptors (Lipinski definition) is 2. The number of rotatable bonds is 3. The highest BCUT2D eigenvalue weighted by Gasteiger charge is 1.99. The Morgan fingerprint density at radius 1 is 1.42 bits per heavy atom. The molecule has 0 aliphatic heterocycles. The van der Waals surface area contributed by atoms with E-state index in [9.17, 15) is 0 Å². The molecule has 1 N–H and O–H groups in total. The van der Waals surface area contributed by atoms with Gasteiger partial charge in [-0.15, -0.1) is 0 Å². The van der Waals surface area contributed by atoms with Crippen molar-refractivity contribution >= 4 is 5.69 Å². The maximum absolute atomic E-state index is 5.13. The fourth-order valence-corrected chi connectivity index (χ4v) is 1.23. The van der Waals surface area contributed by atoms with Crippen LogP contribution in [-0.4, -0.2) is 14.2 Å². The van der Waals surface area contributed by atoms with Crippen LogP contribution in [0, 0.1) is 0 Å². The number of aryl methyl sites for hydroxylation is 1. The van der Waals surface area contributed by atoms with Crippen LogP contribution in [0.4, 0.5) is 5.69 Å². The summed E-state index contributed by atoms with van der Waals surface area (Å²) in [5.74, 6) is 0.922. The van der Waals surface area contributed by atoms with Gasteiger partial charge in [-0.2, -0.15) is 0 Å². The Morgan fingerprint density at radius 2 is 2.17 bits per heavy atom. The fraction of sp³-hybridized carbons (Fsp3) is 0.400. The van der Waals surface area contributed by atoms with E-state index in [1.165, 1.54) is 11.3 Å². The third kappa shape index (κ3) is 1.70. The van der Waals surface area contributed by atoms with Crippen molar-refractivity contribution in [1.29, 1.82) is 0 Å². The third-order valence-corrected chi connectivity index (χ3v) is 1.96. The van der Waals surface area contributed by atoms with E-state index in [0.717, 1.165) is 12.2 Å². The van der Waals surface area contributed by atoms with Crippen LogP contribution in [0.15, 0.2) is 18.2 Å². The molecule has 2 nitrogen and oxygen atoms in total. The second-order valence-electron chi connectivity index (χ2n) is 2.63. The maximum atomic E-state index is 5.13. The average Bonchev–Trinajstić information content (AvgIpc) is 2.16. The van der Waals surface area contributed by atoms with Crippen molar-refractivity contribution in [3.05, 3.63) is 23.8 Å². The molecule has 0 radical (unpaired) electrons. The van der Waals surface area contributed by atoms with Crippen LogP contribution in [-0.2, 0) is 6.42 Å². The summed E-state index contributed by atoms with van der Waals surface area (Å²) in [6.07, 6.45) is 1.02. The lowest BCUT2D eigenvalue weighted by molar-refractivity contribution is 0.414. The highest BCUT2D eigenvalue weighted by atomic mass is 16.5. The van der Waals surface area contributed by atoms with E-state index < -0.39 is 0 Å². The predicted molar refractivity (Wildman–Crippen MR) is 51.9 cm³/mol. The zero-order chi connectivity index (χ0) is 8.97. The summed E-state index contributed by atoms with van der Waals surface area (Å²) in [4.78, 5) is 0. The standard InChI is InChI=1S/C10H15NO/c1-4-8-7-9(12-3)5-6-10(8)11-2/h5-7,11H,4H2,1-3H3. The molecule has 2 heteroatoms. The number of hydrogen-bond donors (Lipinski definition) is 1. The second kappa shape index (κ2) is 4.00. The van der Waals surface area contributed by atoms with E-state index in [1.54, 1.807) is 7.11 Å². The number of methoxy groups -OCH3 is 1. The second-order valence-corrected chi connectivity index (χ2v) is 2.63. The van der Waals surface area contributed by atoms with Crippen molar-refractivity contribution in [3.63, 3.8) is 0 Å². The summed E-state index contributed by atoms with van der Waals surface area (Å²) in [6.45, 7) is 2.13. The first kappa shape index (κ1) is 8.91. The highest BCUT2D eigenvalue weighted by Crippen LogP contribution is 2.21. The van der Waals surface area contributed by atoms with Gasteiger partial charge in [0.1, 0.15) is 5.75 Å². The molecule has 0 heterocycles. The van der Waals surface area contributed by atoms with E-state index in [2.05, 4.69) is 18.3 Å². The van der Waals surface area contributed by atoms with Crippen molar-refractivity contribution in [2.24, 2.45) is 0 Å². The molecule has 0 aromatic heterocycles. The number of anilines is 1. The van der Waals surface area contributed by atoms with Crippen molar-refractivity contribution in [1.82, 2.24) is 0 Å². The van der Waals surface area contributed by atoms with Gasteiger partial charge >= 0.3 is 0 Å². The summed E-state index contributed by atoms with van der Waals surface area (Å²) < 4.78 is 5.13. The van der Waals surface area contributed by atoms with Crippen LogP contribution in [0.3, 0.4) is 0 Å². The molecule has 0 fully saturated rings. The highest BCUT2D eigenvalue weighted by molar-refractivity contribution is 5.53. The molecule has 0 atom stereocenters. The topological polar surface area (TPSA) is 21.3 Å². The molecule has 0 saturated heterocycles. The summed E-state index contributed by atoms with van der Waals surface area (Å²) in [7, 11) is 3.62. The Kier molecular flexibility index (Phi) is 2.97. The Labute approximate surface area is 73.6 Å². The number of benzene rings is 1. The van der Waals surface area contributed by atoms with Gasteiger partial charge in [0.2, 0.25) is 0 Å². The number of nitrogens with one attached hydrogen (secondary N) is 1. The summed E-state index contributed by atoms with van der Waals surface area (Å²) >= 11 is 0. The molecule has 1 aromatic rings. The number of ether oxygens (including phenoxy) is 1. The Balaban J connectivity index is 3.02. The third-order valence-electron chi connectivity index (χ3n) is 1.96. The van der Waals surface area contributed by atoms with E-state index in [0.29, 0.717) is 0 Å². The monoisotopic (exact) mass is 165 g/mol.